The summed E-state index contributed by atoms with van der Waals surface area (Å²) in [5.74, 6) is 0.308. The molecule has 2 unspecified atom stereocenters. The number of thiophene rings is 1. The van der Waals surface area contributed by atoms with Gasteiger partial charge in [-0.1, -0.05) is 6.07 Å². The van der Waals surface area contributed by atoms with Crippen molar-refractivity contribution in [2.45, 2.75) is 43.9 Å². The van der Waals surface area contributed by atoms with Crippen LogP contribution in [0.3, 0.4) is 0 Å². The maximum absolute atomic E-state index is 12.7. The van der Waals surface area contributed by atoms with Crippen LogP contribution in [0.2, 0.25) is 0 Å². The summed E-state index contributed by atoms with van der Waals surface area (Å²) in [6.45, 7) is 3.18. The number of nitrogens with one attached hydrogen (secondary N) is 1. The molecule has 1 aliphatic carbocycles. The van der Waals surface area contributed by atoms with Gasteiger partial charge in [0.1, 0.15) is 11.7 Å². The molecular formula is C15H23N3OS. The number of carbonyl (C=O) groups is 1. The van der Waals surface area contributed by atoms with E-state index >= 15 is 0 Å². The van der Waals surface area contributed by atoms with Crippen molar-refractivity contribution >= 4 is 17.2 Å². The molecule has 2 aliphatic rings. The molecule has 0 aromatic carbocycles. The standard InChI is InChI=1S/C15H23N3OS/c1-11(6-9-17(2)3)18-13(12-5-4-10-20-12)16-15(7-8-15)14(18)19/h4-5,10-11,13,16H,6-9H2,1-3H3. The van der Waals surface area contributed by atoms with E-state index in [9.17, 15) is 4.79 Å². The van der Waals surface area contributed by atoms with Crippen LogP contribution >= 0.6 is 11.3 Å². The topological polar surface area (TPSA) is 35.6 Å². The predicted molar refractivity (Wildman–Crippen MR) is 81.6 cm³/mol. The Balaban J connectivity index is 1.79. The van der Waals surface area contributed by atoms with E-state index in [0.29, 0.717) is 5.91 Å². The molecule has 1 aromatic rings. The SMILES string of the molecule is CC(CCN(C)C)N1C(=O)C2(CC2)NC1c1cccs1. The molecular weight excluding hydrogens is 270 g/mol. The molecule has 1 aromatic heterocycles. The summed E-state index contributed by atoms with van der Waals surface area (Å²) in [5.41, 5.74) is -0.235. The number of hydrogen-bond donors (Lipinski definition) is 1. The van der Waals surface area contributed by atoms with Gasteiger partial charge in [0.15, 0.2) is 0 Å². The summed E-state index contributed by atoms with van der Waals surface area (Å²) < 4.78 is 0. The van der Waals surface area contributed by atoms with Crippen LogP contribution in [0.25, 0.3) is 0 Å². The fourth-order valence-corrected chi connectivity index (χ4v) is 3.71. The molecule has 1 saturated heterocycles. The van der Waals surface area contributed by atoms with Gasteiger partial charge in [-0.05, 0) is 58.3 Å². The van der Waals surface area contributed by atoms with Gasteiger partial charge in [0.25, 0.3) is 0 Å². The summed E-state index contributed by atoms with van der Waals surface area (Å²) >= 11 is 1.73. The lowest BCUT2D eigenvalue weighted by Gasteiger charge is -2.30. The normalized spacial score (nSPS) is 25.7. The molecule has 3 rings (SSSR count). The molecule has 5 heteroatoms. The second-order valence-electron chi connectivity index (χ2n) is 6.30. The second-order valence-corrected chi connectivity index (χ2v) is 7.28. The van der Waals surface area contributed by atoms with Crippen LogP contribution in [-0.4, -0.2) is 47.9 Å². The number of nitrogens with zero attached hydrogens (tertiary/aromatic N) is 2. The molecule has 1 saturated carbocycles. The lowest BCUT2D eigenvalue weighted by molar-refractivity contribution is -0.132. The van der Waals surface area contributed by atoms with Gasteiger partial charge in [0, 0.05) is 10.9 Å². The quantitative estimate of drug-likeness (QED) is 0.902. The minimum atomic E-state index is -0.235. The first-order chi connectivity index (χ1) is 9.53. The van der Waals surface area contributed by atoms with E-state index < -0.39 is 0 Å². The zero-order valence-corrected chi connectivity index (χ0v) is 13.2. The lowest BCUT2D eigenvalue weighted by Crippen LogP contribution is -2.40. The van der Waals surface area contributed by atoms with E-state index in [1.165, 1.54) is 4.88 Å². The Bertz CT molecular complexity index is 481. The molecule has 1 amide bonds. The van der Waals surface area contributed by atoms with E-state index in [4.69, 9.17) is 0 Å². The zero-order valence-electron chi connectivity index (χ0n) is 12.4. The van der Waals surface area contributed by atoms with Gasteiger partial charge in [-0.3, -0.25) is 10.1 Å². The monoisotopic (exact) mass is 293 g/mol. The van der Waals surface area contributed by atoms with Crippen molar-refractivity contribution in [3.8, 4) is 0 Å². The van der Waals surface area contributed by atoms with E-state index in [2.05, 4.69) is 53.6 Å². The first-order valence-electron chi connectivity index (χ1n) is 7.32. The Kier molecular flexibility index (Phi) is 3.60. The van der Waals surface area contributed by atoms with Crippen LogP contribution in [0.4, 0.5) is 0 Å². The Morgan fingerprint density at radius 1 is 1.55 bits per heavy atom. The highest BCUT2D eigenvalue weighted by atomic mass is 32.1. The molecule has 2 heterocycles. The number of rotatable bonds is 5. The van der Waals surface area contributed by atoms with Crippen LogP contribution < -0.4 is 5.32 Å². The summed E-state index contributed by atoms with van der Waals surface area (Å²) in [4.78, 5) is 18.2. The van der Waals surface area contributed by atoms with Crippen LogP contribution in [0, 0.1) is 0 Å². The van der Waals surface area contributed by atoms with Crippen molar-refractivity contribution in [3.05, 3.63) is 22.4 Å². The van der Waals surface area contributed by atoms with Crippen LogP contribution in [0.15, 0.2) is 17.5 Å². The number of carbonyl (C=O) groups excluding carboxylic acids is 1. The third-order valence-corrected chi connectivity index (χ3v) is 5.29. The Hall–Kier alpha value is -0.910. The predicted octanol–water partition coefficient (Wildman–Crippen LogP) is 2.05. The van der Waals surface area contributed by atoms with E-state index in [1.54, 1.807) is 11.3 Å². The first-order valence-corrected chi connectivity index (χ1v) is 8.20. The highest BCUT2D eigenvalue weighted by Crippen LogP contribution is 2.47. The Morgan fingerprint density at radius 3 is 2.85 bits per heavy atom. The highest BCUT2D eigenvalue weighted by molar-refractivity contribution is 7.10. The van der Waals surface area contributed by atoms with Gasteiger partial charge in [-0.15, -0.1) is 11.3 Å². The molecule has 0 radical (unpaired) electrons. The lowest BCUT2D eigenvalue weighted by atomic mass is 10.1. The fraction of sp³-hybridized carbons (Fsp3) is 0.667. The summed E-state index contributed by atoms with van der Waals surface area (Å²) in [6, 6.07) is 4.46. The van der Waals surface area contributed by atoms with Gasteiger partial charge in [0.2, 0.25) is 5.91 Å². The van der Waals surface area contributed by atoms with Crippen LogP contribution in [0.5, 0.6) is 0 Å². The summed E-state index contributed by atoms with van der Waals surface area (Å²) in [7, 11) is 4.16. The molecule has 20 heavy (non-hydrogen) atoms. The molecule has 4 nitrogen and oxygen atoms in total. The summed E-state index contributed by atoms with van der Waals surface area (Å²) in [5, 5.41) is 5.67. The van der Waals surface area contributed by atoms with Gasteiger partial charge in [-0.25, -0.2) is 0 Å². The van der Waals surface area contributed by atoms with Gasteiger partial charge in [-0.2, -0.15) is 0 Å². The van der Waals surface area contributed by atoms with Crippen molar-refractivity contribution < 1.29 is 4.79 Å². The summed E-state index contributed by atoms with van der Waals surface area (Å²) in [6.07, 6.45) is 3.07. The van der Waals surface area contributed by atoms with Crippen molar-refractivity contribution in [1.82, 2.24) is 15.1 Å². The molecule has 1 N–H and O–H groups in total. The van der Waals surface area contributed by atoms with Crippen LogP contribution in [0.1, 0.15) is 37.2 Å². The van der Waals surface area contributed by atoms with Crippen LogP contribution in [-0.2, 0) is 4.79 Å². The van der Waals surface area contributed by atoms with Crippen molar-refractivity contribution in [2.24, 2.45) is 0 Å². The molecule has 1 aliphatic heterocycles. The van der Waals surface area contributed by atoms with Gasteiger partial charge >= 0.3 is 0 Å². The van der Waals surface area contributed by atoms with Crippen molar-refractivity contribution in [1.29, 1.82) is 0 Å². The molecule has 110 valence electrons. The average molecular weight is 293 g/mol. The molecule has 2 fully saturated rings. The molecule has 1 spiro atoms. The third kappa shape index (κ3) is 2.38. The van der Waals surface area contributed by atoms with E-state index in [-0.39, 0.29) is 17.7 Å². The van der Waals surface area contributed by atoms with E-state index in [1.807, 2.05) is 0 Å². The molecule has 0 bridgehead atoms. The average Bonchev–Trinajstić information content (AvgIpc) is 2.87. The van der Waals surface area contributed by atoms with Crippen molar-refractivity contribution in [3.63, 3.8) is 0 Å². The third-order valence-electron chi connectivity index (χ3n) is 4.37. The second kappa shape index (κ2) is 5.13. The van der Waals surface area contributed by atoms with Gasteiger partial charge < -0.3 is 9.80 Å². The largest absolute Gasteiger partial charge is 0.318 e. The number of hydrogen-bond acceptors (Lipinski definition) is 4. The Morgan fingerprint density at radius 2 is 2.30 bits per heavy atom. The highest BCUT2D eigenvalue weighted by Gasteiger charge is 2.60. The molecule has 2 atom stereocenters. The zero-order chi connectivity index (χ0) is 14.3. The number of amides is 1. The maximum Gasteiger partial charge on any atom is 0.244 e. The Labute approximate surface area is 124 Å². The fourth-order valence-electron chi connectivity index (χ4n) is 2.93. The smallest absolute Gasteiger partial charge is 0.244 e. The van der Waals surface area contributed by atoms with Gasteiger partial charge in [0.05, 0.1) is 0 Å². The van der Waals surface area contributed by atoms with E-state index in [0.717, 1.165) is 25.8 Å². The van der Waals surface area contributed by atoms with Crippen molar-refractivity contribution in [2.75, 3.05) is 20.6 Å². The maximum atomic E-state index is 12.7. The first kappa shape index (κ1) is 14.0. The minimum Gasteiger partial charge on any atom is -0.318 e. The minimum absolute atomic E-state index is 0.0714.